The topological polar surface area (TPSA) is 85.1 Å². The minimum absolute atomic E-state index is 0.143. The van der Waals surface area contributed by atoms with Gasteiger partial charge in [0.15, 0.2) is 0 Å². The minimum atomic E-state index is -3.64. The first-order chi connectivity index (χ1) is 8.90. The summed E-state index contributed by atoms with van der Waals surface area (Å²) in [5, 5.41) is 0. The third kappa shape index (κ3) is 3.05. The van der Waals surface area contributed by atoms with Crippen LogP contribution in [0.1, 0.15) is 5.56 Å². The van der Waals surface area contributed by atoms with Gasteiger partial charge in [-0.2, -0.15) is 0 Å². The van der Waals surface area contributed by atoms with Crippen LogP contribution in [0, 0.1) is 6.92 Å². The molecule has 1 aromatic heterocycles. The minimum Gasteiger partial charge on any atom is -0.398 e. The van der Waals surface area contributed by atoms with E-state index in [0.717, 1.165) is 5.56 Å². The normalized spacial score (nSPS) is 11.3. The molecule has 0 aliphatic rings. The van der Waals surface area contributed by atoms with E-state index >= 15 is 0 Å². The molecule has 0 spiro atoms. The summed E-state index contributed by atoms with van der Waals surface area (Å²) in [7, 11) is -3.64. The number of pyridine rings is 1. The van der Waals surface area contributed by atoms with Gasteiger partial charge in [0.1, 0.15) is 0 Å². The summed E-state index contributed by atoms with van der Waals surface area (Å²) in [6.45, 7) is 1.78. The Kier molecular flexibility index (Phi) is 3.77. The van der Waals surface area contributed by atoms with Crippen LogP contribution in [0.5, 0.6) is 0 Å². The number of sulfonamides is 1. The number of nitrogen functional groups attached to an aromatic ring is 1. The molecule has 1 aromatic carbocycles. The van der Waals surface area contributed by atoms with Crippen molar-refractivity contribution in [2.24, 2.45) is 0 Å². The molecule has 2 aromatic rings. The Morgan fingerprint density at radius 3 is 2.68 bits per heavy atom. The monoisotopic (exact) mass is 341 g/mol. The van der Waals surface area contributed by atoms with Gasteiger partial charge in [-0.05, 0) is 52.7 Å². The lowest BCUT2D eigenvalue weighted by Gasteiger charge is -2.10. The van der Waals surface area contributed by atoms with Crippen molar-refractivity contribution in [1.29, 1.82) is 0 Å². The summed E-state index contributed by atoms with van der Waals surface area (Å²) < 4.78 is 27.5. The molecule has 1 heterocycles. The molecule has 5 nitrogen and oxygen atoms in total. The molecule has 7 heteroatoms. The highest BCUT2D eigenvalue weighted by molar-refractivity contribution is 9.10. The molecule has 0 saturated carbocycles. The van der Waals surface area contributed by atoms with Crippen LogP contribution in [0.15, 0.2) is 46.0 Å². The molecule has 0 radical (unpaired) electrons. The molecular weight excluding hydrogens is 330 g/mol. The number of aromatic nitrogens is 1. The SMILES string of the molecule is Cc1cnccc1NS(=O)(=O)c1ccc(N)c(Br)c1. The third-order valence-corrected chi connectivity index (χ3v) is 4.60. The fourth-order valence-corrected chi connectivity index (χ4v) is 3.15. The van der Waals surface area contributed by atoms with Gasteiger partial charge >= 0.3 is 0 Å². The third-order valence-electron chi connectivity index (χ3n) is 2.55. The average molecular weight is 342 g/mol. The van der Waals surface area contributed by atoms with Gasteiger partial charge in [-0.3, -0.25) is 9.71 Å². The number of aryl methyl sites for hydroxylation is 1. The van der Waals surface area contributed by atoms with Crippen molar-refractivity contribution in [2.75, 3.05) is 10.5 Å². The lowest BCUT2D eigenvalue weighted by atomic mass is 10.3. The van der Waals surface area contributed by atoms with Gasteiger partial charge in [-0.15, -0.1) is 0 Å². The van der Waals surface area contributed by atoms with E-state index in [1.165, 1.54) is 24.4 Å². The number of nitrogens with two attached hydrogens (primary N) is 1. The molecule has 3 N–H and O–H groups in total. The molecule has 0 atom stereocenters. The Bertz CT molecular complexity index is 717. The number of hydrogen-bond acceptors (Lipinski definition) is 4. The van der Waals surface area contributed by atoms with Crippen molar-refractivity contribution in [1.82, 2.24) is 4.98 Å². The van der Waals surface area contributed by atoms with Gasteiger partial charge in [0, 0.05) is 22.6 Å². The molecule has 100 valence electrons. The highest BCUT2D eigenvalue weighted by atomic mass is 79.9. The van der Waals surface area contributed by atoms with E-state index in [1.54, 1.807) is 19.2 Å². The summed E-state index contributed by atoms with van der Waals surface area (Å²) in [6, 6.07) is 6.07. The van der Waals surface area contributed by atoms with Crippen LogP contribution >= 0.6 is 15.9 Å². The zero-order valence-electron chi connectivity index (χ0n) is 10.1. The van der Waals surface area contributed by atoms with E-state index < -0.39 is 10.0 Å². The summed E-state index contributed by atoms with van der Waals surface area (Å²) in [5.41, 5.74) is 7.38. The molecular formula is C12H12BrN3O2S. The Balaban J connectivity index is 2.38. The van der Waals surface area contributed by atoms with E-state index in [4.69, 9.17) is 5.73 Å². The van der Waals surface area contributed by atoms with Gasteiger partial charge in [0.05, 0.1) is 10.6 Å². The molecule has 0 aliphatic carbocycles. The largest absolute Gasteiger partial charge is 0.398 e. The first-order valence-corrected chi connectivity index (χ1v) is 7.66. The number of rotatable bonds is 3. The van der Waals surface area contributed by atoms with Gasteiger partial charge < -0.3 is 5.73 Å². The van der Waals surface area contributed by atoms with Crippen LogP contribution in [0.4, 0.5) is 11.4 Å². The zero-order valence-corrected chi connectivity index (χ0v) is 12.5. The molecule has 0 fully saturated rings. The van der Waals surface area contributed by atoms with Crippen LogP contribution in [-0.2, 0) is 10.0 Å². The second kappa shape index (κ2) is 5.18. The van der Waals surface area contributed by atoms with Crippen LogP contribution < -0.4 is 10.5 Å². The number of benzene rings is 1. The lowest BCUT2D eigenvalue weighted by Crippen LogP contribution is -2.14. The second-order valence-corrected chi connectivity index (χ2v) is 6.52. The Hall–Kier alpha value is -1.60. The van der Waals surface area contributed by atoms with E-state index in [-0.39, 0.29) is 4.90 Å². The fraction of sp³-hybridized carbons (Fsp3) is 0.0833. The standard InChI is InChI=1S/C12H12BrN3O2S/c1-8-7-15-5-4-12(8)16-19(17,18)9-2-3-11(14)10(13)6-9/h2-7H,14H2,1H3,(H,15,16). The van der Waals surface area contributed by atoms with E-state index in [1.807, 2.05) is 0 Å². The molecule has 0 amide bonds. The number of nitrogens with one attached hydrogen (secondary N) is 1. The van der Waals surface area contributed by atoms with Crippen molar-refractivity contribution in [3.05, 3.63) is 46.7 Å². The number of nitrogens with zero attached hydrogens (tertiary/aromatic N) is 1. The molecule has 0 bridgehead atoms. The van der Waals surface area contributed by atoms with E-state index in [0.29, 0.717) is 15.8 Å². The van der Waals surface area contributed by atoms with Gasteiger partial charge in [0.2, 0.25) is 0 Å². The van der Waals surface area contributed by atoms with Crippen molar-refractivity contribution in [3.63, 3.8) is 0 Å². The fourth-order valence-electron chi connectivity index (χ4n) is 1.47. The first kappa shape index (κ1) is 13.8. The van der Waals surface area contributed by atoms with Crippen LogP contribution in [0.2, 0.25) is 0 Å². The maximum atomic E-state index is 12.2. The highest BCUT2D eigenvalue weighted by Crippen LogP contribution is 2.25. The maximum absolute atomic E-state index is 12.2. The zero-order chi connectivity index (χ0) is 14.0. The van der Waals surface area contributed by atoms with Gasteiger partial charge in [-0.1, -0.05) is 0 Å². The van der Waals surface area contributed by atoms with E-state index in [2.05, 4.69) is 25.6 Å². The van der Waals surface area contributed by atoms with Crippen molar-refractivity contribution < 1.29 is 8.42 Å². The smallest absolute Gasteiger partial charge is 0.261 e. The highest BCUT2D eigenvalue weighted by Gasteiger charge is 2.16. The molecule has 0 saturated heterocycles. The summed E-state index contributed by atoms with van der Waals surface area (Å²) in [6.07, 6.45) is 3.13. The number of anilines is 2. The second-order valence-electron chi connectivity index (χ2n) is 3.98. The molecule has 0 unspecified atom stereocenters. The predicted octanol–water partition coefficient (Wildman–Crippen LogP) is 2.54. The number of halogens is 1. The van der Waals surface area contributed by atoms with Crippen molar-refractivity contribution in [3.8, 4) is 0 Å². The Morgan fingerprint density at radius 1 is 1.32 bits per heavy atom. The predicted molar refractivity (Wildman–Crippen MR) is 78.3 cm³/mol. The van der Waals surface area contributed by atoms with Crippen LogP contribution in [0.25, 0.3) is 0 Å². The molecule has 19 heavy (non-hydrogen) atoms. The summed E-state index contributed by atoms with van der Waals surface area (Å²) >= 11 is 3.21. The maximum Gasteiger partial charge on any atom is 0.261 e. The van der Waals surface area contributed by atoms with Gasteiger partial charge in [-0.25, -0.2) is 8.42 Å². The Morgan fingerprint density at radius 2 is 2.05 bits per heavy atom. The number of hydrogen-bond donors (Lipinski definition) is 2. The van der Waals surface area contributed by atoms with Crippen molar-refractivity contribution >= 4 is 37.3 Å². The van der Waals surface area contributed by atoms with Gasteiger partial charge in [0.25, 0.3) is 10.0 Å². The van der Waals surface area contributed by atoms with Crippen LogP contribution in [0.3, 0.4) is 0 Å². The molecule has 2 rings (SSSR count). The van der Waals surface area contributed by atoms with E-state index in [9.17, 15) is 8.42 Å². The summed E-state index contributed by atoms with van der Waals surface area (Å²) in [5.74, 6) is 0. The van der Waals surface area contributed by atoms with Crippen molar-refractivity contribution in [2.45, 2.75) is 11.8 Å². The summed E-state index contributed by atoms with van der Waals surface area (Å²) in [4.78, 5) is 4.06. The average Bonchev–Trinajstić information content (AvgIpc) is 2.35. The first-order valence-electron chi connectivity index (χ1n) is 5.38. The lowest BCUT2D eigenvalue weighted by molar-refractivity contribution is 0.601. The van der Waals surface area contributed by atoms with Crippen LogP contribution in [-0.4, -0.2) is 13.4 Å². The molecule has 0 aliphatic heterocycles. The quantitative estimate of drug-likeness (QED) is 0.840. The Labute approximate surface area is 120 Å².